The topological polar surface area (TPSA) is 0 Å². The molecule has 0 amide bonds. The SMILES string of the molecule is C1=CCC([PH+](C2CCCC2)C2CCCC2)C1.FC(F)(F)c1cc([B-](c2cc(C(F)(F)F)cc(C(F)(F)F)c2)(c2cc(C(F)(F)F)cc(C(F)(F)F)c2)c2cc(C(F)(F)F)cc(C(F)(F)F)c2)cc(C(F)(F)F)c1.[Rh].c1ccccc1. The number of rotatable bonds is 7. The molecule has 0 N–H and O–H groups in total. The zero-order chi connectivity index (χ0) is 59.0. The number of halogens is 24. The van der Waals surface area contributed by atoms with Crippen LogP contribution in [0.4, 0.5) is 105 Å². The normalized spacial score (nSPS) is 16.6. The fourth-order valence-electron chi connectivity index (χ4n) is 10.9. The van der Waals surface area contributed by atoms with Crippen molar-refractivity contribution in [2.24, 2.45) is 0 Å². The van der Waals surface area contributed by atoms with E-state index in [9.17, 15) is 105 Å². The zero-order valence-electron chi connectivity index (χ0n) is 40.8. The van der Waals surface area contributed by atoms with E-state index in [4.69, 9.17) is 0 Å². The van der Waals surface area contributed by atoms with Crippen LogP contribution in [-0.4, -0.2) is 23.1 Å². The average molecular weight is 1280 g/mol. The van der Waals surface area contributed by atoms with Gasteiger partial charge >= 0.3 is 49.4 Å². The van der Waals surface area contributed by atoms with Crippen LogP contribution in [0.25, 0.3) is 0 Å². The predicted molar refractivity (Wildman–Crippen MR) is 252 cm³/mol. The summed E-state index contributed by atoms with van der Waals surface area (Å²) in [6.07, 6.45) is -34.4. The maximum Gasteiger partial charge on any atom is 0.416 e. The molecule has 5 aromatic carbocycles. The molecule has 0 aromatic heterocycles. The monoisotopic (exact) mass is 1280 g/mol. The van der Waals surface area contributed by atoms with Crippen molar-refractivity contribution in [3.05, 3.63) is 166 Å². The Labute approximate surface area is 455 Å². The van der Waals surface area contributed by atoms with E-state index in [1.807, 2.05) is 36.4 Å². The molecule has 0 nitrogen and oxygen atoms in total. The van der Waals surface area contributed by atoms with E-state index in [1.165, 1.54) is 24.2 Å². The van der Waals surface area contributed by atoms with E-state index in [-0.39, 0.29) is 27.4 Å². The van der Waals surface area contributed by atoms with E-state index in [0.29, 0.717) is 0 Å². The van der Waals surface area contributed by atoms with Gasteiger partial charge in [0.15, 0.2) is 0 Å². The van der Waals surface area contributed by atoms with Crippen LogP contribution in [0.5, 0.6) is 0 Å². The summed E-state index contributed by atoms with van der Waals surface area (Å²) in [5.41, 5.74) is -26.7. The van der Waals surface area contributed by atoms with Crippen molar-refractivity contribution in [1.82, 2.24) is 0 Å². The Morgan fingerprint density at radius 1 is 0.275 bits per heavy atom. The molecule has 0 atom stereocenters. The van der Waals surface area contributed by atoms with Gasteiger partial charge in [0, 0.05) is 40.2 Å². The molecule has 2 fully saturated rings. The summed E-state index contributed by atoms with van der Waals surface area (Å²) in [5.74, 6) is 0. The van der Waals surface area contributed by atoms with Gasteiger partial charge in [-0.15, -0.1) is 0 Å². The fourth-order valence-corrected chi connectivity index (χ4v) is 15.8. The van der Waals surface area contributed by atoms with E-state index in [0.717, 1.165) is 5.66 Å². The number of hydrogen-bond acceptors (Lipinski definition) is 0. The molecule has 1 radical (unpaired) electrons. The van der Waals surface area contributed by atoms with Gasteiger partial charge in [0.05, 0.1) is 61.5 Å². The number of hydrogen-bond donors (Lipinski definition) is 0. The van der Waals surface area contributed by atoms with Crippen LogP contribution in [-0.2, 0) is 68.9 Å². The minimum Gasteiger partial charge on any atom is -0.194 e. The molecule has 0 unspecified atom stereocenters. The second-order valence-corrected chi connectivity index (χ2v) is 22.9. The van der Waals surface area contributed by atoms with Crippen LogP contribution < -0.4 is 21.9 Å². The quantitative estimate of drug-likeness (QED) is 0.0659. The van der Waals surface area contributed by atoms with Gasteiger partial charge in [0.2, 0.25) is 0 Å². The summed E-state index contributed by atoms with van der Waals surface area (Å²) in [7, 11) is -0.0401. The van der Waals surface area contributed by atoms with Crippen LogP contribution in [0.1, 0.15) is 109 Å². The third-order valence-electron chi connectivity index (χ3n) is 14.2. The second kappa shape index (κ2) is 24.6. The molecule has 0 aliphatic heterocycles. The average Bonchev–Trinajstić information content (AvgIpc) is 4.18. The van der Waals surface area contributed by atoms with Gasteiger partial charge in [-0.25, -0.2) is 0 Å². The van der Waals surface area contributed by atoms with Crippen LogP contribution in [0.15, 0.2) is 121 Å². The molecule has 3 aliphatic rings. The first-order valence-electron chi connectivity index (χ1n) is 24.1. The molecular weight excluding hydrogens is 1240 g/mol. The van der Waals surface area contributed by atoms with E-state index >= 15 is 0 Å². The van der Waals surface area contributed by atoms with Crippen molar-refractivity contribution in [2.45, 2.75) is 131 Å². The Morgan fingerprint density at radius 2 is 0.450 bits per heavy atom. The molecule has 80 heavy (non-hydrogen) atoms. The van der Waals surface area contributed by atoms with Crippen LogP contribution in [0.2, 0.25) is 0 Å². The maximum absolute atomic E-state index is 14.2. The van der Waals surface area contributed by atoms with Gasteiger partial charge in [0.1, 0.15) is 6.15 Å². The third kappa shape index (κ3) is 16.1. The van der Waals surface area contributed by atoms with Gasteiger partial charge in [-0.05, 0) is 75.6 Å². The Balaban J connectivity index is 0.000000416. The standard InChI is InChI=1S/C32H12BF24.C15H25P.C6H6.Rh/c34-25(35,36)13-1-14(26(37,38)39)6-21(5-13)33(22-7-15(27(40,41)42)2-16(8-22)28(43,44)45,23-9-17(29(46,47)48)3-18(10-23)30(49,50)51)24-11-19(31(52,53)54)4-20(12-24)32(55,56)57;1-2-8-13(7-1)16(14-9-3-4-10-14)15-11-5-6-12-15;1-2-4-6-5-3-1;/h1-12H;1-2,13-15H,3-12H2;1-6H;/q-1;;;/p+1. The van der Waals surface area contributed by atoms with Crippen molar-refractivity contribution in [3.63, 3.8) is 0 Å². The van der Waals surface area contributed by atoms with Gasteiger partial charge in [-0.1, -0.05) is 97.1 Å². The van der Waals surface area contributed by atoms with Crippen LogP contribution in [0, 0.1) is 0 Å². The summed E-state index contributed by atoms with van der Waals surface area (Å²) in [6.45, 7) is 0. The predicted octanol–water partition coefficient (Wildman–Crippen LogP) is 17.7. The Kier molecular flexibility index (Phi) is 20.3. The van der Waals surface area contributed by atoms with Crippen molar-refractivity contribution in [2.75, 3.05) is 0 Å². The minimum absolute atomic E-state index is 0. The first-order chi connectivity index (χ1) is 36.2. The molecule has 0 spiro atoms. The van der Waals surface area contributed by atoms with Crippen molar-refractivity contribution >= 4 is 35.9 Å². The molecule has 0 saturated heterocycles. The summed E-state index contributed by atoms with van der Waals surface area (Å²) < 4.78 is 341. The third-order valence-corrected chi connectivity index (χ3v) is 18.7. The number of benzene rings is 5. The summed E-state index contributed by atoms with van der Waals surface area (Å²) in [5, 5.41) is 0. The summed E-state index contributed by atoms with van der Waals surface area (Å²) in [4.78, 5) is 0. The summed E-state index contributed by atoms with van der Waals surface area (Å²) >= 11 is 0. The van der Waals surface area contributed by atoms with Gasteiger partial charge < -0.3 is 0 Å². The molecule has 0 bridgehead atoms. The molecule has 2 saturated carbocycles. The molecule has 3 aliphatic carbocycles. The van der Waals surface area contributed by atoms with E-state index < -0.39 is 195 Å². The Hall–Kier alpha value is -4.72. The first-order valence-corrected chi connectivity index (χ1v) is 25.8. The largest absolute Gasteiger partial charge is 0.416 e. The summed E-state index contributed by atoms with van der Waals surface area (Å²) in [6, 6.07) is 3.19. The minimum atomic E-state index is -6.13. The van der Waals surface area contributed by atoms with Crippen LogP contribution in [0.3, 0.4) is 0 Å². The van der Waals surface area contributed by atoms with Crippen LogP contribution >= 0.6 is 7.92 Å². The first kappa shape index (κ1) is 66.1. The van der Waals surface area contributed by atoms with Gasteiger partial charge in [-0.3, -0.25) is 0 Å². The molecule has 441 valence electrons. The van der Waals surface area contributed by atoms with Crippen molar-refractivity contribution < 1.29 is 125 Å². The van der Waals surface area contributed by atoms with E-state index in [2.05, 4.69) is 12.2 Å². The zero-order valence-corrected chi connectivity index (χ0v) is 43.5. The second-order valence-electron chi connectivity index (χ2n) is 19.5. The molecular formula is C53H44BF24PRh. The molecule has 0 heterocycles. The van der Waals surface area contributed by atoms with Gasteiger partial charge in [-0.2, -0.15) is 127 Å². The van der Waals surface area contributed by atoms with E-state index in [1.54, 1.807) is 51.4 Å². The molecule has 27 heteroatoms. The van der Waals surface area contributed by atoms with Crippen molar-refractivity contribution in [3.8, 4) is 0 Å². The smallest absolute Gasteiger partial charge is 0.194 e. The maximum atomic E-state index is 14.2. The fraction of sp³-hybridized carbons (Fsp3) is 0.396. The van der Waals surface area contributed by atoms with Gasteiger partial charge in [0.25, 0.3) is 0 Å². The van der Waals surface area contributed by atoms with Crippen molar-refractivity contribution in [1.29, 1.82) is 0 Å². The number of allylic oxidation sites excluding steroid dienone is 2. The molecule has 8 rings (SSSR count). The number of alkyl halides is 24. The Bertz CT molecular complexity index is 2390. The molecule has 5 aromatic rings. The Morgan fingerprint density at radius 3 is 0.613 bits per heavy atom.